The molecule has 0 saturated heterocycles. The van der Waals surface area contributed by atoms with Crippen LogP contribution in [-0.2, 0) is 35.2 Å². The van der Waals surface area contributed by atoms with Crippen LogP contribution in [0.4, 0.5) is 0 Å². The van der Waals surface area contributed by atoms with E-state index < -0.39 is 0 Å². The van der Waals surface area contributed by atoms with Gasteiger partial charge in [0.2, 0.25) is 0 Å². The van der Waals surface area contributed by atoms with Crippen molar-refractivity contribution in [2.24, 2.45) is 0 Å². The molecule has 0 aliphatic carbocycles. The zero-order valence-corrected chi connectivity index (χ0v) is 16.9. The van der Waals surface area contributed by atoms with Gasteiger partial charge >= 0.3 is 17.9 Å². The van der Waals surface area contributed by atoms with E-state index in [4.69, 9.17) is 4.74 Å². The van der Waals surface area contributed by atoms with Gasteiger partial charge in [0.25, 0.3) is 0 Å². The van der Waals surface area contributed by atoms with Crippen LogP contribution < -0.4 is 0 Å². The molecule has 154 valence electrons. The highest BCUT2D eigenvalue weighted by Gasteiger charge is 1.96. The minimum atomic E-state index is -0.390. The van der Waals surface area contributed by atoms with Crippen LogP contribution in [0.1, 0.15) is 32.3 Å². The molecule has 1 aromatic carbocycles. The second-order valence-electron chi connectivity index (χ2n) is 5.29. The van der Waals surface area contributed by atoms with E-state index in [0.717, 1.165) is 24.5 Å². The Labute approximate surface area is 167 Å². The number of hydrogen-bond donors (Lipinski definition) is 0. The summed E-state index contributed by atoms with van der Waals surface area (Å²) in [5.74, 6) is -1.07. The highest BCUT2D eigenvalue weighted by Crippen LogP contribution is 2.00. The fourth-order valence-electron chi connectivity index (χ4n) is 1.34. The van der Waals surface area contributed by atoms with Gasteiger partial charge in [-0.25, -0.2) is 14.4 Å². The van der Waals surface area contributed by atoms with Crippen LogP contribution in [0.3, 0.4) is 0 Å². The molecule has 0 spiro atoms. The van der Waals surface area contributed by atoms with Crippen molar-refractivity contribution in [2.75, 3.05) is 13.7 Å². The molecular weight excluding hydrogens is 360 g/mol. The minimum Gasteiger partial charge on any atom is -0.466 e. The largest absolute Gasteiger partial charge is 0.466 e. The molecule has 6 nitrogen and oxygen atoms in total. The van der Waals surface area contributed by atoms with Gasteiger partial charge in [-0.3, -0.25) is 0 Å². The molecule has 0 aliphatic rings. The van der Waals surface area contributed by atoms with Crippen LogP contribution in [0.2, 0.25) is 0 Å². The first-order chi connectivity index (χ1) is 13.3. The molecule has 6 heteroatoms. The number of unbranched alkanes of at least 4 members (excludes halogenated alkanes) is 1. The molecule has 1 aromatic rings. The molecule has 0 saturated carbocycles. The van der Waals surface area contributed by atoms with Crippen molar-refractivity contribution in [3.05, 3.63) is 73.4 Å². The van der Waals surface area contributed by atoms with Crippen LogP contribution in [0.5, 0.6) is 0 Å². The van der Waals surface area contributed by atoms with Gasteiger partial charge in [0.1, 0.15) is 6.61 Å². The van der Waals surface area contributed by atoms with Gasteiger partial charge in [-0.05, 0) is 18.9 Å². The Morgan fingerprint density at radius 1 is 1.00 bits per heavy atom. The first-order valence-corrected chi connectivity index (χ1v) is 8.68. The van der Waals surface area contributed by atoms with Crippen LogP contribution in [0.15, 0.2) is 67.8 Å². The van der Waals surface area contributed by atoms with E-state index in [2.05, 4.69) is 29.2 Å². The maximum atomic E-state index is 10.6. The van der Waals surface area contributed by atoms with Crippen LogP contribution >= 0.6 is 0 Å². The lowest BCUT2D eigenvalue weighted by Crippen LogP contribution is -2.00. The molecule has 0 aromatic heterocycles. The second-order valence-corrected chi connectivity index (χ2v) is 5.29. The van der Waals surface area contributed by atoms with E-state index in [1.807, 2.05) is 37.3 Å². The summed E-state index contributed by atoms with van der Waals surface area (Å²) in [6.07, 6.45) is 4.31. The van der Waals surface area contributed by atoms with Crippen molar-refractivity contribution < 1.29 is 28.6 Å². The number of methoxy groups -OCH3 is 1. The average Bonchev–Trinajstić information content (AvgIpc) is 2.72. The molecular formula is C22H30O6. The SMILES string of the molecule is C=C(C)C(=O)OC.C=CC(=O)OCCCC.C=CC(=O)OCc1ccccc1. The first kappa shape index (κ1) is 27.1. The smallest absolute Gasteiger partial charge is 0.332 e. The van der Waals surface area contributed by atoms with Gasteiger partial charge in [-0.15, -0.1) is 0 Å². The lowest BCUT2D eigenvalue weighted by molar-refractivity contribution is -0.139. The van der Waals surface area contributed by atoms with Gasteiger partial charge in [0.15, 0.2) is 0 Å². The Morgan fingerprint density at radius 3 is 1.93 bits per heavy atom. The second kappa shape index (κ2) is 18.6. The number of ether oxygens (including phenoxy) is 3. The molecule has 0 fully saturated rings. The van der Waals surface area contributed by atoms with Crippen LogP contribution in [-0.4, -0.2) is 31.6 Å². The maximum Gasteiger partial charge on any atom is 0.332 e. The molecule has 0 atom stereocenters. The van der Waals surface area contributed by atoms with Crippen molar-refractivity contribution >= 4 is 17.9 Å². The molecule has 0 amide bonds. The lowest BCUT2D eigenvalue weighted by Gasteiger charge is -2.00. The Morgan fingerprint density at radius 2 is 1.54 bits per heavy atom. The lowest BCUT2D eigenvalue weighted by atomic mass is 10.2. The summed E-state index contributed by atoms with van der Waals surface area (Å²) in [6, 6.07) is 9.51. The summed E-state index contributed by atoms with van der Waals surface area (Å²) in [5, 5.41) is 0. The summed E-state index contributed by atoms with van der Waals surface area (Å²) >= 11 is 0. The highest BCUT2D eigenvalue weighted by molar-refractivity contribution is 5.86. The summed E-state index contributed by atoms with van der Waals surface area (Å²) in [4.78, 5) is 31.2. The third kappa shape index (κ3) is 17.7. The topological polar surface area (TPSA) is 78.9 Å². The molecule has 0 aliphatic heterocycles. The van der Waals surface area contributed by atoms with E-state index in [-0.39, 0.29) is 17.9 Å². The summed E-state index contributed by atoms with van der Waals surface area (Å²) in [5.41, 5.74) is 1.41. The number of esters is 3. The fourth-order valence-corrected chi connectivity index (χ4v) is 1.34. The highest BCUT2D eigenvalue weighted by atomic mass is 16.5. The van der Waals surface area contributed by atoms with E-state index in [9.17, 15) is 14.4 Å². The van der Waals surface area contributed by atoms with Gasteiger partial charge in [-0.2, -0.15) is 0 Å². The average molecular weight is 390 g/mol. The van der Waals surface area contributed by atoms with Gasteiger partial charge in [0.05, 0.1) is 13.7 Å². The molecule has 1 rings (SSSR count). The summed E-state index contributed by atoms with van der Waals surface area (Å²) in [6.45, 7) is 14.4. The zero-order valence-electron chi connectivity index (χ0n) is 16.9. The summed E-state index contributed by atoms with van der Waals surface area (Å²) < 4.78 is 13.8. The van der Waals surface area contributed by atoms with E-state index in [0.29, 0.717) is 18.8 Å². The normalized spacial score (nSPS) is 8.54. The number of carbonyl (C=O) groups excluding carboxylic acids is 3. The van der Waals surface area contributed by atoms with Gasteiger partial charge in [-0.1, -0.05) is 63.4 Å². The molecule has 0 heterocycles. The van der Waals surface area contributed by atoms with Gasteiger partial charge < -0.3 is 14.2 Å². The fraction of sp³-hybridized carbons (Fsp3) is 0.318. The van der Waals surface area contributed by atoms with Crippen molar-refractivity contribution in [2.45, 2.75) is 33.3 Å². The Hall–Kier alpha value is -3.15. The van der Waals surface area contributed by atoms with Crippen LogP contribution in [0, 0.1) is 0 Å². The van der Waals surface area contributed by atoms with Crippen molar-refractivity contribution in [3.63, 3.8) is 0 Å². The van der Waals surface area contributed by atoms with Crippen molar-refractivity contribution in [1.29, 1.82) is 0 Å². The quantitative estimate of drug-likeness (QED) is 0.287. The number of benzene rings is 1. The molecule has 0 radical (unpaired) electrons. The van der Waals surface area contributed by atoms with E-state index >= 15 is 0 Å². The van der Waals surface area contributed by atoms with Crippen molar-refractivity contribution in [1.82, 2.24) is 0 Å². The standard InChI is InChI=1S/C10H10O2.C7H12O2.C5H8O2/c1-2-10(11)12-8-9-6-4-3-5-7-9;1-3-5-6-9-7(8)4-2;1-4(2)5(6)7-3/h2-7H,1,8H2;4H,2-3,5-6H2,1H3;1H2,2-3H3. The first-order valence-electron chi connectivity index (χ1n) is 8.68. The molecule has 28 heavy (non-hydrogen) atoms. The van der Waals surface area contributed by atoms with Crippen LogP contribution in [0.25, 0.3) is 0 Å². The van der Waals surface area contributed by atoms with E-state index in [1.165, 1.54) is 13.2 Å². The number of carbonyl (C=O) groups is 3. The third-order valence-corrected chi connectivity index (χ3v) is 2.83. The Kier molecular flexibility index (Phi) is 18.0. The Bertz CT molecular complexity index is 619. The van der Waals surface area contributed by atoms with Gasteiger partial charge in [0, 0.05) is 17.7 Å². The number of hydrogen-bond acceptors (Lipinski definition) is 6. The molecule has 0 N–H and O–H groups in total. The third-order valence-electron chi connectivity index (χ3n) is 2.83. The Balaban J connectivity index is 0. The minimum absolute atomic E-state index is 0.311. The monoisotopic (exact) mass is 390 g/mol. The molecule has 0 bridgehead atoms. The number of rotatable bonds is 8. The maximum absolute atomic E-state index is 10.6. The predicted molar refractivity (Wildman–Crippen MR) is 109 cm³/mol. The summed E-state index contributed by atoms with van der Waals surface area (Å²) in [7, 11) is 1.33. The zero-order chi connectivity index (χ0) is 21.8. The van der Waals surface area contributed by atoms with Crippen molar-refractivity contribution in [3.8, 4) is 0 Å². The molecule has 0 unspecified atom stereocenters. The predicted octanol–water partition coefficient (Wildman–Crippen LogP) is 4.17. The van der Waals surface area contributed by atoms with E-state index in [1.54, 1.807) is 6.92 Å².